The van der Waals surface area contributed by atoms with Crippen LogP contribution in [0.4, 0.5) is 5.69 Å². The zero-order valence-corrected chi connectivity index (χ0v) is 12.1. The van der Waals surface area contributed by atoms with E-state index in [-0.39, 0.29) is 0 Å². The Morgan fingerprint density at radius 1 is 1.00 bits per heavy atom. The fraction of sp³-hybridized carbons (Fsp3) is 0.176. The monoisotopic (exact) mass is 279 g/mol. The van der Waals surface area contributed by atoms with Crippen LogP contribution >= 0.6 is 0 Å². The number of hydrogen-bond donors (Lipinski definition) is 1. The number of aromatic nitrogens is 2. The molecule has 2 aromatic carbocycles. The molecule has 0 atom stereocenters. The molecule has 4 heteroatoms. The molecule has 0 amide bonds. The second kappa shape index (κ2) is 5.79. The highest BCUT2D eigenvalue weighted by Gasteiger charge is 2.11. The van der Waals surface area contributed by atoms with E-state index in [4.69, 9.17) is 4.52 Å². The fourth-order valence-corrected chi connectivity index (χ4v) is 2.23. The van der Waals surface area contributed by atoms with Gasteiger partial charge in [0.1, 0.15) is 0 Å². The largest absolute Gasteiger partial charge is 0.380 e. The summed E-state index contributed by atoms with van der Waals surface area (Å²) in [7, 11) is 0. The van der Waals surface area contributed by atoms with Crippen LogP contribution in [-0.4, -0.2) is 10.1 Å². The molecule has 106 valence electrons. The number of benzene rings is 2. The second-order valence-corrected chi connectivity index (χ2v) is 4.97. The normalized spacial score (nSPS) is 10.6. The predicted molar refractivity (Wildman–Crippen MR) is 83.0 cm³/mol. The summed E-state index contributed by atoms with van der Waals surface area (Å²) in [5.74, 6) is 1.18. The molecule has 0 spiro atoms. The molecule has 1 aromatic heterocycles. The molecule has 0 aliphatic rings. The minimum Gasteiger partial charge on any atom is -0.380 e. The van der Waals surface area contributed by atoms with Crippen LogP contribution in [0.3, 0.4) is 0 Å². The molecule has 0 aliphatic carbocycles. The molecule has 0 radical (unpaired) electrons. The Bertz CT molecular complexity index is 749. The van der Waals surface area contributed by atoms with E-state index < -0.39 is 0 Å². The third-order valence-electron chi connectivity index (χ3n) is 3.42. The molecule has 0 saturated heterocycles. The lowest BCUT2D eigenvalue weighted by molar-refractivity contribution is 0.426. The van der Waals surface area contributed by atoms with Gasteiger partial charge in [0, 0.05) is 12.2 Å². The van der Waals surface area contributed by atoms with Crippen LogP contribution in [0.25, 0.3) is 11.5 Å². The Labute approximate surface area is 123 Å². The molecule has 0 saturated carbocycles. The molecule has 0 unspecified atom stereocenters. The molecule has 21 heavy (non-hydrogen) atoms. The molecule has 0 aliphatic heterocycles. The van der Waals surface area contributed by atoms with Gasteiger partial charge in [0.15, 0.2) is 5.82 Å². The van der Waals surface area contributed by atoms with Crippen molar-refractivity contribution in [3.05, 3.63) is 65.5 Å². The van der Waals surface area contributed by atoms with Crippen molar-refractivity contribution in [1.82, 2.24) is 10.1 Å². The average molecular weight is 279 g/mol. The van der Waals surface area contributed by atoms with Crippen molar-refractivity contribution >= 4 is 5.69 Å². The van der Waals surface area contributed by atoms with E-state index in [1.54, 1.807) is 0 Å². The van der Waals surface area contributed by atoms with Gasteiger partial charge < -0.3 is 9.84 Å². The first-order chi connectivity index (χ1) is 10.2. The number of rotatable bonds is 4. The molecular formula is C17H17N3O. The van der Waals surface area contributed by atoms with Crippen LogP contribution in [0.15, 0.2) is 53.1 Å². The molecule has 4 nitrogen and oxygen atoms in total. The maximum atomic E-state index is 5.27. The average Bonchev–Trinajstić information content (AvgIpc) is 2.93. The minimum absolute atomic E-state index is 0.542. The summed E-state index contributed by atoms with van der Waals surface area (Å²) in [6.45, 7) is 4.69. The summed E-state index contributed by atoms with van der Waals surface area (Å²) in [5.41, 5.74) is 4.46. The van der Waals surface area contributed by atoms with Crippen LogP contribution in [0.5, 0.6) is 0 Å². The highest BCUT2D eigenvalue weighted by molar-refractivity contribution is 5.72. The maximum Gasteiger partial charge on any atom is 0.260 e. The predicted octanol–water partition coefficient (Wildman–Crippen LogP) is 3.97. The van der Waals surface area contributed by atoms with Crippen molar-refractivity contribution in [1.29, 1.82) is 0 Å². The van der Waals surface area contributed by atoms with Gasteiger partial charge in [-0.3, -0.25) is 0 Å². The number of hydrogen-bond acceptors (Lipinski definition) is 4. The number of aryl methyl sites for hydroxylation is 2. The Morgan fingerprint density at radius 2 is 1.76 bits per heavy atom. The molecule has 0 fully saturated rings. The summed E-state index contributed by atoms with van der Waals surface area (Å²) in [5, 5.41) is 7.30. The summed E-state index contributed by atoms with van der Waals surface area (Å²) in [4.78, 5) is 4.30. The summed E-state index contributed by atoms with van der Waals surface area (Å²) >= 11 is 0. The van der Waals surface area contributed by atoms with E-state index in [2.05, 4.69) is 40.6 Å². The van der Waals surface area contributed by atoms with Gasteiger partial charge in [0.2, 0.25) is 0 Å². The van der Waals surface area contributed by atoms with E-state index in [9.17, 15) is 0 Å². The SMILES string of the molecule is Cc1noc(-c2ccccc2NCc2ccccc2C)n1. The number of nitrogens with one attached hydrogen (secondary N) is 1. The van der Waals surface area contributed by atoms with E-state index >= 15 is 0 Å². The lowest BCUT2D eigenvalue weighted by Crippen LogP contribution is -2.02. The molecular weight excluding hydrogens is 262 g/mol. The van der Waals surface area contributed by atoms with E-state index in [1.165, 1.54) is 11.1 Å². The molecule has 3 aromatic rings. The van der Waals surface area contributed by atoms with Gasteiger partial charge in [0.25, 0.3) is 5.89 Å². The highest BCUT2D eigenvalue weighted by atomic mass is 16.5. The lowest BCUT2D eigenvalue weighted by atomic mass is 10.1. The maximum absolute atomic E-state index is 5.27. The summed E-state index contributed by atoms with van der Waals surface area (Å²) in [6.07, 6.45) is 0. The van der Waals surface area contributed by atoms with Gasteiger partial charge in [-0.2, -0.15) is 4.98 Å². The van der Waals surface area contributed by atoms with Gasteiger partial charge in [0.05, 0.1) is 5.56 Å². The van der Waals surface area contributed by atoms with Crippen molar-refractivity contribution in [3.63, 3.8) is 0 Å². The Balaban J connectivity index is 1.85. The van der Waals surface area contributed by atoms with Crippen molar-refractivity contribution in [2.75, 3.05) is 5.32 Å². The van der Waals surface area contributed by atoms with Gasteiger partial charge in [-0.15, -0.1) is 0 Å². The number of para-hydroxylation sites is 1. The first kappa shape index (κ1) is 13.4. The van der Waals surface area contributed by atoms with Crippen molar-refractivity contribution in [2.24, 2.45) is 0 Å². The first-order valence-corrected chi connectivity index (χ1v) is 6.92. The summed E-state index contributed by atoms with van der Waals surface area (Å²) < 4.78 is 5.27. The van der Waals surface area contributed by atoms with Gasteiger partial charge in [-0.25, -0.2) is 0 Å². The molecule has 1 N–H and O–H groups in total. The van der Waals surface area contributed by atoms with E-state index in [1.807, 2.05) is 37.3 Å². The number of nitrogens with zero attached hydrogens (tertiary/aromatic N) is 2. The Morgan fingerprint density at radius 3 is 2.52 bits per heavy atom. The van der Waals surface area contributed by atoms with Gasteiger partial charge in [-0.1, -0.05) is 41.6 Å². The zero-order valence-electron chi connectivity index (χ0n) is 12.1. The fourth-order valence-electron chi connectivity index (χ4n) is 2.23. The summed E-state index contributed by atoms with van der Waals surface area (Å²) in [6, 6.07) is 16.3. The van der Waals surface area contributed by atoms with Crippen LogP contribution in [0.1, 0.15) is 17.0 Å². The van der Waals surface area contributed by atoms with Crippen molar-refractivity contribution in [2.45, 2.75) is 20.4 Å². The third kappa shape index (κ3) is 2.94. The molecule has 3 rings (SSSR count). The quantitative estimate of drug-likeness (QED) is 0.785. The van der Waals surface area contributed by atoms with Gasteiger partial charge >= 0.3 is 0 Å². The van der Waals surface area contributed by atoms with Crippen LogP contribution in [0.2, 0.25) is 0 Å². The Kier molecular flexibility index (Phi) is 3.69. The molecule has 1 heterocycles. The molecule has 0 bridgehead atoms. The van der Waals surface area contributed by atoms with Crippen molar-refractivity contribution in [3.8, 4) is 11.5 Å². The van der Waals surface area contributed by atoms with Crippen molar-refractivity contribution < 1.29 is 4.52 Å². The Hall–Kier alpha value is -2.62. The topological polar surface area (TPSA) is 51.0 Å². The minimum atomic E-state index is 0.542. The third-order valence-corrected chi connectivity index (χ3v) is 3.42. The smallest absolute Gasteiger partial charge is 0.260 e. The zero-order chi connectivity index (χ0) is 14.7. The van der Waals surface area contributed by atoms with Gasteiger partial charge in [-0.05, 0) is 37.1 Å². The lowest BCUT2D eigenvalue weighted by Gasteiger charge is -2.11. The number of anilines is 1. The highest BCUT2D eigenvalue weighted by Crippen LogP contribution is 2.26. The second-order valence-electron chi connectivity index (χ2n) is 4.97. The standard InChI is InChI=1S/C17H17N3O/c1-12-7-3-4-8-14(12)11-18-16-10-6-5-9-15(16)17-19-13(2)20-21-17/h3-10,18H,11H2,1-2H3. The van der Waals surface area contributed by atoms with E-state index in [0.717, 1.165) is 17.8 Å². The first-order valence-electron chi connectivity index (χ1n) is 6.92. The van der Waals surface area contributed by atoms with Crippen LogP contribution in [-0.2, 0) is 6.54 Å². The van der Waals surface area contributed by atoms with Crippen LogP contribution < -0.4 is 5.32 Å². The van der Waals surface area contributed by atoms with Crippen LogP contribution in [0, 0.1) is 13.8 Å². The van der Waals surface area contributed by atoms with E-state index in [0.29, 0.717) is 11.7 Å².